The minimum absolute atomic E-state index is 0.00940. The largest absolute Gasteiger partial charge is 0.497 e. The first kappa shape index (κ1) is 21.5. The molecule has 0 radical (unpaired) electrons. The standard InChI is InChI=1S/C27H28N2O3/c1-3-19-8-12-22(13-9-19)32-18-27(30)29-16-24(20-10-14-21(31-2)15-11-20)25-17-28-26-7-5-4-6-23(25)26/h4-15,17,24,28H,3,16,18H2,1-2H3,(H,29,30)/t24-/m0/s1. The van der Waals surface area contributed by atoms with Crippen molar-refractivity contribution >= 4 is 16.8 Å². The lowest BCUT2D eigenvalue weighted by molar-refractivity contribution is -0.123. The summed E-state index contributed by atoms with van der Waals surface area (Å²) in [6.45, 7) is 2.55. The molecule has 3 aromatic carbocycles. The minimum Gasteiger partial charge on any atom is -0.497 e. The van der Waals surface area contributed by atoms with Crippen LogP contribution in [0.25, 0.3) is 10.9 Å². The van der Waals surface area contributed by atoms with Gasteiger partial charge in [0.1, 0.15) is 11.5 Å². The molecule has 1 amide bonds. The average molecular weight is 429 g/mol. The van der Waals surface area contributed by atoms with E-state index in [0.717, 1.165) is 34.2 Å². The van der Waals surface area contributed by atoms with E-state index in [0.29, 0.717) is 12.3 Å². The van der Waals surface area contributed by atoms with Crippen LogP contribution in [0.2, 0.25) is 0 Å². The Kier molecular flexibility index (Phi) is 6.75. The summed E-state index contributed by atoms with van der Waals surface area (Å²) < 4.78 is 11.0. The second-order valence-corrected chi connectivity index (χ2v) is 7.71. The normalized spacial score (nSPS) is 11.8. The number of carbonyl (C=O) groups is 1. The number of amides is 1. The SMILES string of the molecule is CCc1ccc(OCC(=O)NC[C@@H](c2ccc(OC)cc2)c2c[nH]c3ccccc23)cc1. The van der Waals surface area contributed by atoms with Crippen LogP contribution in [0.4, 0.5) is 0 Å². The van der Waals surface area contributed by atoms with Gasteiger partial charge < -0.3 is 19.8 Å². The molecule has 0 unspecified atom stereocenters. The third-order valence-corrected chi connectivity index (χ3v) is 5.72. The number of methoxy groups -OCH3 is 1. The molecule has 0 bridgehead atoms. The number of para-hydroxylation sites is 1. The summed E-state index contributed by atoms with van der Waals surface area (Å²) in [7, 11) is 1.65. The molecule has 164 valence electrons. The zero-order valence-electron chi connectivity index (χ0n) is 18.4. The van der Waals surface area contributed by atoms with Crippen molar-refractivity contribution in [1.82, 2.24) is 10.3 Å². The van der Waals surface area contributed by atoms with Crippen molar-refractivity contribution in [3.63, 3.8) is 0 Å². The molecule has 1 atom stereocenters. The van der Waals surface area contributed by atoms with Crippen molar-refractivity contribution < 1.29 is 14.3 Å². The number of aromatic nitrogens is 1. The highest BCUT2D eigenvalue weighted by Crippen LogP contribution is 2.31. The van der Waals surface area contributed by atoms with Crippen molar-refractivity contribution in [2.45, 2.75) is 19.3 Å². The Morgan fingerprint density at radius 1 is 0.969 bits per heavy atom. The Morgan fingerprint density at radius 2 is 1.69 bits per heavy atom. The van der Waals surface area contributed by atoms with E-state index in [1.807, 2.05) is 66.9 Å². The van der Waals surface area contributed by atoms with E-state index in [9.17, 15) is 4.79 Å². The van der Waals surface area contributed by atoms with Gasteiger partial charge in [-0.3, -0.25) is 4.79 Å². The quantitative estimate of drug-likeness (QED) is 0.391. The van der Waals surface area contributed by atoms with Crippen molar-refractivity contribution in [1.29, 1.82) is 0 Å². The lowest BCUT2D eigenvalue weighted by atomic mass is 9.91. The molecule has 4 aromatic rings. The number of aromatic amines is 1. The summed E-state index contributed by atoms with van der Waals surface area (Å²) in [6.07, 6.45) is 3.00. The maximum Gasteiger partial charge on any atom is 0.257 e. The van der Waals surface area contributed by atoms with Gasteiger partial charge in [0, 0.05) is 29.6 Å². The lowest BCUT2D eigenvalue weighted by Gasteiger charge is -2.19. The molecule has 2 N–H and O–H groups in total. The van der Waals surface area contributed by atoms with Crippen molar-refractivity contribution in [2.75, 3.05) is 20.3 Å². The van der Waals surface area contributed by atoms with Crippen LogP contribution in [0.1, 0.15) is 29.5 Å². The van der Waals surface area contributed by atoms with Crippen LogP contribution in [0.5, 0.6) is 11.5 Å². The molecule has 0 spiro atoms. The Bertz CT molecular complexity index is 1160. The summed E-state index contributed by atoms with van der Waals surface area (Å²) in [5.74, 6) is 1.34. The fourth-order valence-electron chi connectivity index (χ4n) is 3.86. The number of hydrogen-bond donors (Lipinski definition) is 2. The maximum atomic E-state index is 12.5. The molecular formula is C27H28N2O3. The number of aryl methyl sites for hydroxylation is 1. The van der Waals surface area contributed by atoms with E-state index in [2.05, 4.69) is 29.4 Å². The second-order valence-electron chi connectivity index (χ2n) is 7.71. The highest BCUT2D eigenvalue weighted by Gasteiger charge is 2.19. The summed E-state index contributed by atoms with van der Waals surface area (Å²) in [5, 5.41) is 4.19. The van der Waals surface area contributed by atoms with Gasteiger partial charge in [-0.25, -0.2) is 0 Å². The Balaban J connectivity index is 1.48. The molecule has 0 fully saturated rings. The molecule has 32 heavy (non-hydrogen) atoms. The van der Waals surface area contributed by atoms with E-state index >= 15 is 0 Å². The molecule has 1 aromatic heterocycles. The van der Waals surface area contributed by atoms with E-state index < -0.39 is 0 Å². The number of benzene rings is 3. The van der Waals surface area contributed by atoms with Gasteiger partial charge in [0.2, 0.25) is 0 Å². The number of hydrogen-bond acceptors (Lipinski definition) is 3. The number of fused-ring (bicyclic) bond motifs is 1. The maximum absolute atomic E-state index is 12.5. The van der Waals surface area contributed by atoms with Gasteiger partial charge in [0.05, 0.1) is 7.11 Å². The van der Waals surface area contributed by atoms with Crippen LogP contribution in [-0.4, -0.2) is 31.2 Å². The summed E-state index contributed by atoms with van der Waals surface area (Å²) in [6, 6.07) is 24.0. The fourth-order valence-corrected chi connectivity index (χ4v) is 3.86. The van der Waals surface area contributed by atoms with Gasteiger partial charge in [-0.15, -0.1) is 0 Å². The van der Waals surface area contributed by atoms with Gasteiger partial charge in [0.25, 0.3) is 5.91 Å². The van der Waals surface area contributed by atoms with Gasteiger partial charge >= 0.3 is 0 Å². The average Bonchev–Trinajstić information content (AvgIpc) is 3.27. The van der Waals surface area contributed by atoms with Crippen LogP contribution in [0, 0.1) is 0 Å². The van der Waals surface area contributed by atoms with E-state index in [1.54, 1.807) is 7.11 Å². The molecule has 5 heteroatoms. The smallest absolute Gasteiger partial charge is 0.257 e. The van der Waals surface area contributed by atoms with Crippen molar-refractivity contribution in [3.05, 3.63) is 95.7 Å². The van der Waals surface area contributed by atoms with Crippen molar-refractivity contribution in [2.24, 2.45) is 0 Å². The number of carbonyl (C=O) groups excluding carboxylic acids is 1. The summed E-state index contributed by atoms with van der Waals surface area (Å²) in [5.41, 5.74) is 4.56. The number of rotatable bonds is 9. The molecule has 1 heterocycles. The highest BCUT2D eigenvalue weighted by molar-refractivity contribution is 5.84. The van der Waals surface area contributed by atoms with E-state index in [1.165, 1.54) is 5.56 Å². The molecule has 0 aliphatic rings. The van der Waals surface area contributed by atoms with Crippen LogP contribution in [0.3, 0.4) is 0 Å². The second kappa shape index (κ2) is 10.1. The van der Waals surface area contributed by atoms with Crippen molar-refractivity contribution in [3.8, 4) is 11.5 Å². The van der Waals surface area contributed by atoms with E-state index in [4.69, 9.17) is 9.47 Å². The van der Waals surface area contributed by atoms with Crippen LogP contribution >= 0.6 is 0 Å². The molecule has 0 aliphatic heterocycles. The Hall–Kier alpha value is -3.73. The lowest BCUT2D eigenvalue weighted by Crippen LogP contribution is -2.32. The topological polar surface area (TPSA) is 63.4 Å². The zero-order chi connectivity index (χ0) is 22.3. The molecular weight excluding hydrogens is 400 g/mol. The molecule has 4 rings (SSSR count). The molecule has 0 aliphatic carbocycles. The van der Waals surface area contributed by atoms with E-state index in [-0.39, 0.29) is 18.4 Å². The van der Waals surface area contributed by atoms with Crippen LogP contribution in [-0.2, 0) is 11.2 Å². The summed E-state index contributed by atoms with van der Waals surface area (Å²) in [4.78, 5) is 15.9. The van der Waals surface area contributed by atoms with Gasteiger partial charge in [0.15, 0.2) is 6.61 Å². The number of nitrogens with one attached hydrogen (secondary N) is 2. The molecule has 0 saturated heterocycles. The first-order valence-electron chi connectivity index (χ1n) is 10.9. The van der Waals surface area contributed by atoms with Gasteiger partial charge in [-0.1, -0.05) is 49.4 Å². The summed E-state index contributed by atoms with van der Waals surface area (Å²) >= 11 is 0. The zero-order valence-corrected chi connectivity index (χ0v) is 18.4. The Labute approximate surface area is 188 Å². The predicted octanol–water partition coefficient (Wildman–Crippen LogP) is 5.07. The predicted molar refractivity (Wildman–Crippen MR) is 127 cm³/mol. The molecule has 5 nitrogen and oxygen atoms in total. The van der Waals surface area contributed by atoms with Gasteiger partial charge in [-0.2, -0.15) is 0 Å². The minimum atomic E-state index is -0.150. The first-order valence-corrected chi connectivity index (χ1v) is 10.9. The monoisotopic (exact) mass is 428 g/mol. The third-order valence-electron chi connectivity index (χ3n) is 5.72. The van der Waals surface area contributed by atoms with Gasteiger partial charge in [-0.05, 0) is 53.4 Å². The number of ether oxygens (including phenoxy) is 2. The number of H-pyrrole nitrogens is 1. The third kappa shape index (κ3) is 4.94. The fraction of sp³-hybridized carbons (Fsp3) is 0.222. The van der Waals surface area contributed by atoms with Crippen LogP contribution in [0.15, 0.2) is 79.0 Å². The molecule has 0 saturated carbocycles. The first-order chi connectivity index (χ1) is 15.7. The Morgan fingerprint density at radius 3 is 2.41 bits per heavy atom. The van der Waals surface area contributed by atoms with Crippen LogP contribution < -0.4 is 14.8 Å². The highest BCUT2D eigenvalue weighted by atomic mass is 16.5.